The van der Waals surface area contributed by atoms with E-state index >= 15 is 0 Å². The molecule has 0 bridgehead atoms. The molecular formula is C12H14O2S. The van der Waals surface area contributed by atoms with Crippen LogP contribution in [0.3, 0.4) is 0 Å². The zero-order valence-electron chi connectivity index (χ0n) is 9.07. The van der Waals surface area contributed by atoms with E-state index in [1.165, 1.54) is 31.2 Å². The van der Waals surface area contributed by atoms with Crippen molar-refractivity contribution in [1.29, 1.82) is 0 Å². The maximum atomic E-state index is 11.2. The van der Waals surface area contributed by atoms with Crippen molar-refractivity contribution in [3.63, 3.8) is 0 Å². The molecule has 0 saturated heterocycles. The molecule has 3 heteroatoms. The first-order valence-corrected chi connectivity index (χ1v) is 5.47. The third-order valence-corrected chi connectivity index (χ3v) is 3.18. The summed E-state index contributed by atoms with van der Waals surface area (Å²) in [5.41, 5.74) is 1.17. The number of aryl methyl sites for hydroxylation is 1. The molecule has 80 valence electrons. The second-order valence-corrected chi connectivity index (χ2v) is 4.47. The summed E-state index contributed by atoms with van der Waals surface area (Å²) >= 11 is 1.29. The van der Waals surface area contributed by atoms with Crippen LogP contribution in [0.25, 0.3) is 0 Å². The molecule has 0 amide bonds. The van der Waals surface area contributed by atoms with Gasteiger partial charge in [-0.2, -0.15) is 0 Å². The molecule has 0 saturated carbocycles. The summed E-state index contributed by atoms with van der Waals surface area (Å²) < 4.78 is 0. The summed E-state index contributed by atoms with van der Waals surface area (Å²) in [6.45, 7) is 4.99. The highest BCUT2D eigenvalue weighted by Gasteiger charge is 2.09. The van der Waals surface area contributed by atoms with Crippen LogP contribution in [0.2, 0.25) is 0 Å². The average molecular weight is 222 g/mol. The number of benzene rings is 1. The molecule has 0 aliphatic rings. The molecule has 0 unspecified atom stereocenters. The third kappa shape index (κ3) is 3.44. The van der Waals surface area contributed by atoms with Crippen LogP contribution in [0.5, 0.6) is 0 Å². The summed E-state index contributed by atoms with van der Waals surface area (Å²) in [6, 6.07) is 7.83. The van der Waals surface area contributed by atoms with Gasteiger partial charge in [-0.25, -0.2) is 0 Å². The van der Waals surface area contributed by atoms with E-state index in [4.69, 9.17) is 0 Å². The van der Waals surface area contributed by atoms with Gasteiger partial charge in [0.05, 0.1) is 4.91 Å². The van der Waals surface area contributed by atoms with Crippen LogP contribution in [-0.2, 0) is 4.79 Å². The number of hydrogen-bond acceptors (Lipinski definition) is 3. The maximum absolute atomic E-state index is 11.2. The molecular weight excluding hydrogens is 208 g/mol. The fraction of sp³-hybridized carbons (Fsp3) is 0.250. The van der Waals surface area contributed by atoms with Crippen molar-refractivity contribution >= 4 is 17.5 Å². The van der Waals surface area contributed by atoms with Gasteiger partial charge in [0.2, 0.25) is 0 Å². The van der Waals surface area contributed by atoms with Crippen LogP contribution in [0.1, 0.15) is 19.4 Å². The second-order valence-electron chi connectivity index (χ2n) is 3.39. The minimum Gasteiger partial charge on any atom is -0.511 e. The van der Waals surface area contributed by atoms with Gasteiger partial charge in [0, 0.05) is 4.90 Å². The van der Waals surface area contributed by atoms with Crippen LogP contribution >= 0.6 is 11.8 Å². The third-order valence-electron chi connectivity index (χ3n) is 1.89. The number of hydrogen-bond donors (Lipinski definition) is 1. The fourth-order valence-corrected chi connectivity index (χ4v) is 1.92. The summed E-state index contributed by atoms with van der Waals surface area (Å²) in [5.74, 6) is -0.0337. The Balaban J connectivity index is 2.90. The molecule has 1 aromatic rings. The minimum absolute atomic E-state index is 0.0769. The summed E-state index contributed by atoms with van der Waals surface area (Å²) in [4.78, 5) is 12.6. The van der Waals surface area contributed by atoms with Crippen LogP contribution in [0, 0.1) is 6.92 Å². The van der Waals surface area contributed by atoms with E-state index < -0.39 is 0 Å². The first kappa shape index (κ1) is 11.9. The van der Waals surface area contributed by atoms with Crippen molar-refractivity contribution in [3.05, 3.63) is 40.5 Å². The van der Waals surface area contributed by atoms with Crippen LogP contribution < -0.4 is 0 Å². The number of thioether (sulfide) groups is 1. The first-order chi connectivity index (χ1) is 7.00. The number of Topliss-reactive ketones (excluding diaryl/α,β-unsaturated/α-hetero) is 1. The Bertz CT molecular complexity index is 387. The fourth-order valence-electron chi connectivity index (χ4n) is 1.12. The van der Waals surface area contributed by atoms with E-state index in [1.807, 2.05) is 31.2 Å². The SMILES string of the molecule is CC(=O)C(Sc1ccc(C)cc1)=C(C)O. The molecule has 0 heterocycles. The number of carbonyl (C=O) groups excluding carboxylic acids is 1. The Labute approximate surface area is 94.0 Å². The Morgan fingerprint density at radius 1 is 1.20 bits per heavy atom. The number of rotatable bonds is 3. The Morgan fingerprint density at radius 2 is 1.73 bits per heavy atom. The standard InChI is InChI=1S/C12H14O2S/c1-8-4-6-11(7-5-8)15-12(9(2)13)10(3)14/h4-7,13H,1-3H3. The Hall–Kier alpha value is -1.22. The van der Waals surface area contributed by atoms with Gasteiger partial charge in [-0.15, -0.1) is 0 Å². The zero-order valence-corrected chi connectivity index (χ0v) is 9.89. The quantitative estimate of drug-likeness (QED) is 0.483. The topological polar surface area (TPSA) is 37.3 Å². The van der Waals surface area contributed by atoms with Gasteiger partial charge in [-0.3, -0.25) is 4.79 Å². The van der Waals surface area contributed by atoms with Crippen molar-refractivity contribution in [3.8, 4) is 0 Å². The van der Waals surface area contributed by atoms with Crippen LogP contribution in [0.4, 0.5) is 0 Å². The molecule has 15 heavy (non-hydrogen) atoms. The molecule has 0 aromatic heterocycles. The molecule has 0 aliphatic carbocycles. The number of aliphatic hydroxyl groups is 1. The lowest BCUT2D eigenvalue weighted by atomic mass is 10.2. The average Bonchev–Trinajstić information content (AvgIpc) is 2.15. The normalized spacial score (nSPS) is 12.2. The van der Waals surface area contributed by atoms with E-state index in [0.717, 1.165) is 4.90 Å². The van der Waals surface area contributed by atoms with Gasteiger partial charge in [0.1, 0.15) is 5.76 Å². The summed E-state index contributed by atoms with van der Waals surface area (Å²) in [6.07, 6.45) is 0. The lowest BCUT2D eigenvalue weighted by Crippen LogP contribution is -1.95. The Kier molecular flexibility index (Phi) is 3.97. The molecule has 0 radical (unpaired) electrons. The monoisotopic (exact) mass is 222 g/mol. The molecule has 0 fully saturated rings. The van der Waals surface area contributed by atoms with Gasteiger partial charge < -0.3 is 5.11 Å². The van der Waals surface area contributed by atoms with E-state index in [9.17, 15) is 9.90 Å². The van der Waals surface area contributed by atoms with Gasteiger partial charge in [-0.1, -0.05) is 29.5 Å². The van der Waals surface area contributed by atoms with Crippen LogP contribution in [0.15, 0.2) is 39.8 Å². The molecule has 0 atom stereocenters. The highest BCUT2D eigenvalue weighted by Crippen LogP contribution is 2.28. The highest BCUT2D eigenvalue weighted by atomic mass is 32.2. The number of allylic oxidation sites excluding steroid dienone is 2. The van der Waals surface area contributed by atoms with Crippen molar-refractivity contribution in [2.75, 3.05) is 0 Å². The summed E-state index contributed by atoms with van der Waals surface area (Å²) in [5, 5.41) is 9.34. The molecule has 2 nitrogen and oxygen atoms in total. The highest BCUT2D eigenvalue weighted by molar-refractivity contribution is 8.04. The van der Waals surface area contributed by atoms with E-state index in [1.54, 1.807) is 0 Å². The largest absolute Gasteiger partial charge is 0.511 e. The smallest absolute Gasteiger partial charge is 0.169 e. The molecule has 1 rings (SSSR count). The molecule has 1 N–H and O–H groups in total. The van der Waals surface area contributed by atoms with Crippen molar-refractivity contribution in [2.45, 2.75) is 25.7 Å². The van der Waals surface area contributed by atoms with Crippen LogP contribution in [-0.4, -0.2) is 10.9 Å². The Morgan fingerprint density at radius 3 is 2.13 bits per heavy atom. The minimum atomic E-state index is -0.111. The summed E-state index contributed by atoms with van der Waals surface area (Å²) in [7, 11) is 0. The lowest BCUT2D eigenvalue weighted by Gasteiger charge is -2.04. The number of carbonyl (C=O) groups is 1. The van der Waals surface area contributed by atoms with Crippen molar-refractivity contribution in [2.24, 2.45) is 0 Å². The predicted octanol–water partition coefficient (Wildman–Crippen LogP) is 3.47. The van der Waals surface area contributed by atoms with E-state index in [2.05, 4.69) is 0 Å². The zero-order chi connectivity index (χ0) is 11.4. The van der Waals surface area contributed by atoms with Crippen molar-refractivity contribution < 1.29 is 9.90 Å². The van der Waals surface area contributed by atoms with Gasteiger partial charge in [-0.05, 0) is 32.9 Å². The van der Waals surface area contributed by atoms with Gasteiger partial charge in [0.15, 0.2) is 5.78 Å². The molecule has 0 aliphatic heterocycles. The predicted molar refractivity (Wildman–Crippen MR) is 63.0 cm³/mol. The number of aliphatic hydroxyl groups excluding tert-OH is 1. The van der Waals surface area contributed by atoms with Gasteiger partial charge >= 0.3 is 0 Å². The first-order valence-electron chi connectivity index (χ1n) is 4.66. The number of ketones is 1. The van der Waals surface area contributed by atoms with E-state index in [-0.39, 0.29) is 11.5 Å². The van der Waals surface area contributed by atoms with Crippen molar-refractivity contribution in [1.82, 2.24) is 0 Å². The molecule has 0 spiro atoms. The van der Waals surface area contributed by atoms with Gasteiger partial charge in [0.25, 0.3) is 0 Å². The molecule has 1 aromatic carbocycles. The second kappa shape index (κ2) is 5.03. The van der Waals surface area contributed by atoms with E-state index in [0.29, 0.717) is 4.91 Å². The maximum Gasteiger partial charge on any atom is 0.169 e. The lowest BCUT2D eigenvalue weighted by molar-refractivity contribution is -0.113.